The Balaban J connectivity index is 1.54. The molecule has 1 atom stereocenters. The van der Waals surface area contributed by atoms with E-state index in [1.54, 1.807) is 43.3 Å². The lowest BCUT2D eigenvalue weighted by atomic mass is 9.86. The van der Waals surface area contributed by atoms with Crippen molar-refractivity contribution >= 4 is 17.5 Å². The largest absolute Gasteiger partial charge is 0.494 e. The van der Waals surface area contributed by atoms with Gasteiger partial charge in [-0.25, -0.2) is 9.37 Å². The fraction of sp³-hybridized carbons (Fsp3) is 0.357. The highest BCUT2D eigenvalue weighted by molar-refractivity contribution is 6.31. The Labute approximate surface area is 220 Å². The third kappa shape index (κ3) is 5.81. The van der Waals surface area contributed by atoms with E-state index >= 15 is 0 Å². The summed E-state index contributed by atoms with van der Waals surface area (Å²) in [5.74, 6) is 0.700. The molecule has 1 saturated carbocycles. The zero-order valence-electron chi connectivity index (χ0n) is 21.0. The first-order chi connectivity index (χ1) is 17.8. The molecule has 0 aliphatic heterocycles. The number of nitrogens with one attached hydrogen (secondary N) is 1. The number of ether oxygens (including phenoxy) is 3. The molecule has 9 heteroatoms. The lowest BCUT2D eigenvalue weighted by molar-refractivity contribution is 0.0932. The molecule has 196 valence electrons. The molecule has 1 aromatic heterocycles. The molecule has 7 nitrogen and oxygen atoms in total. The third-order valence-electron chi connectivity index (χ3n) is 6.65. The van der Waals surface area contributed by atoms with Gasteiger partial charge in [0.1, 0.15) is 17.3 Å². The van der Waals surface area contributed by atoms with Crippen molar-refractivity contribution in [3.05, 3.63) is 70.6 Å². The van der Waals surface area contributed by atoms with Crippen molar-refractivity contribution in [2.45, 2.75) is 37.7 Å². The van der Waals surface area contributed by atoms with Crippen molar-refractivity contribution in [1.82, 2.24) is 10.3 Å². The Morgan fingerprint density at radius 1 is 1.11 bits per heavy atom. The minimum atomic E-state index is -0.919. The number of hydrogen-bond acceptors (Lipinski definition) is 6. The van der Waals surface area contributed by atoms with Crippen LogP contribution < -0.4 is 19.5 Å². The Bertz CT molecular complexity index is 1280. The summed E-state index contributed by atoms with van der Waals surface area (Å²) in [6.07, 6.45) is 3.37. The van der Waals surface area contributed by atoms with Gasteiger partial charge in [-0.05, 0) is 67.8 Å². The molecule has 2 N–H and O–H groups in total. The Kier molecular flexibility index (Phi) is 8.19. The van der Waals surface area contributed by atoms with Gasteiger partial charge in [0.05, 0.1) is 43.1 Å². The molecule has 0 bridgehead atoms. The second kappa shape index (κ2) is 11.4. The Hall–Kier alpha value is -3.36. The van der Waals surface area contributed by atoms with E-state index in [4.69, 9.17) is 30.8 Å². The first-order valence-corrected chi connectivity index (χ1v) is 12.4. The maximum Gasteiger partial charge on any atom is 0.251 e. The van der Waals surface area contributed by atoms with Gasteiger partial charge in [0.25, 0.3) is 5.91 Å². The topological polar surface area (TPSA) is 89.9 Å². The summed E-state index contributed by atoms with van der Waals surface area (Å²) < 4.78 is 30.5. The number of carbonyl (C=O) groups is 1. The van der Waals surface area contributed by atoms with E-state index in [1.807, 2.05) is 0 Å². The maximum atomic E-state index is 13.7. The molecule has 1 fully saturated rings. The van der Waals surface area contributed by atoms with Gasteiger partial charge in [-0.2, -0.15) is 0 Å². The predicted octanol–water partition coefficient (Wildman–Crippen LogP) is 5.17. The number of methoxy groups -OCH3 is 2. The van der Waals surface area contributed by atoms with Gasteiger partial charge in [0.2, 0.25) is 0 Å². The molecule has 3 aromatic rings. The van der Waals surface area contributed by atoms with Crippen LogP contribution in [0.2, 0.25) is 5.02 Å². The number of hydrogen-bond donors (Lipinski definition) is 2. The number of aliphatic hydroxyl groups is 1. The normalized spacial score (nSPS) is 14.9. The number of benzene rings is 2. The fourth-order valence-corrected chi connectivity index (χ4v) is 4.16. The number of halogens is 2. The second-order valence-electron chi connectivity index (χ2n) is 9.31. The zero-order valence-corrected chi connectivity index (χ0v) is 21.8. The van der Waals surface area contributed by atoms with E-state index < -0.39 is 11.2 Å². The minimum absolute atomic E-state index is 0.0385. The van der Waals surface area contributed by atoms with Gasteiger partial charge in [-0.15, -0.1) is 0 Å². The molecule has 1 heterocycles. The first-order valence-electron chi connectivity index (χ1n) is 12.0. The quantitative estimate of drug-likeness (QED) is 0.377. The van der Waals surface area contributed by atoms with E-state index in [1.165, 1.54) is 26.4 Å². The van der Waals surface area contributed by atoms with Crippen LogP contribution in [0.3, 0.4) is 0 Å². The fourth-order valence-electron chi connectivity index (χ4n) is 3.98. The monoisotopic (exact) mass is 528 g/mol. The predicted molar refractivity (Wildman–Crippen MR) is 139 cm³/mol. The lowest BCUT2D eigenvalue weighted by Gasteiger charge is -2.28. The van der Waals surface area contributed by atoms with Crippen LogP contribution in [-0.4, -0.2) is 49.5 Å². The van der Waals surface area contributed by atoms with Crippen LogP contribution in [0.5, 0.6) is 17.2 Å². The van der Waals surface area contributed by atoms with Gasteiger partial charge in [-0.3, -0.25) is 4.79 Å². The standard InChI is InChI=1S/C28H30ClFN2O5/c1-28(16-33,25-12-11-23(35-2)26(32-25)17-7-9-21(30)20(29)13-17)15-31-27(34)18-8-10-22(24(14-18)36-3)37-19-5-4-6-19/h7-14,19,33H,4-6,15-16H2,1-3H3,(H,31,34). The number of amides is 1. The summed E-state index contributed by atoms with van der Waals surface area (Å²) in [6, 6.07) is 12.8. The third-order valence-corrected chi connectivity index (χ3v) is 6.94. The van der Waals surface area contributed by atoms with E-state index in [-0.39, 0.29) is 30.2 Å². The summed E-state index contributed by atoms with van der Waals surface area (Å²) >= 11 is 5.98. The highest BCUT2D eigenvalue weighted by atomic mass is 35.5. The van der Waals surface area contributed by atoms with Crippen molar-refractivity contribution < 1.29 is 28.5 Å². The second-order valence-corrected chi connectivity index (χ2v) is 9.72. The van der Waals surface area contributed by atoms with Gasteiger partial charge >= 0.3 is 0 Å². The average molecular weight is 529 g/mol. The summed E-state index contributed by atoms with van der Waals surface area (Å²) in [5.41, 5.74) is 1.01. The zero-order chi connectivity index (χ0) is 26.6. The van der Waals surface area contributed by atoms with Crippen LogP contribution in [-0.2, 0) is 5.41 Å². The van der Waals surface area contributed by atoms with E-state index in [2.05, 4.69) is 5.32 Å². The smallest absolute Gasteiger partial charge is 0.251 e. The minimum Gasteiger partial charge on any atom is -0.494 e. The van der Waals surface area contributed by atoms with Crippen molar-refractivity contribution in [3.63, 3.8) is 0 Å². The Morgan fingerprint density at radius 2 is 1.84 bits per heavy atom. The van der Waals surface area contributed by atoms with Crippen molar-refractivity contribution in [2.75, 3.05) is 27.4 Å². The van der Waals surface area contributed by atoms with Crippen molar-refractivity contribution in [3.8, 4) is 28.5 Å². The molecule has 4 rings (SSSR count). The van der Waals surface area contributed by atoms with Crippen molar-refractivity contribution in [1.29, 1.82) is 0 Å². The molecule has 2 aromatic carbocycles. The highest BCUT2D eigenvalue weighted by Crippen LogP contribution is 2.35. The first kappa shape index (κ1) is 26.7. The van der Waals surface area contributed by atoms with Crippen LogP contribution in [0, 0.1) is 5.82 Å². The van der Waals surface area contributed by atoms with Gasteiger partial charge in [-0.1, -0.05) is 18.5 Å². The van der Waals surface area contributed by atoms with Crippen molar-refractivity contribution in [2.24, 2.45) is 0 Å². The Morgan fingerprint density at radius 3 is 2.46 bits per heavy atom. The van der Waals surface area contributed by atoms with E-state index in [9.17, 15) is 14.3 Å². The number of carbonyl (C=O) groups excluding carboxylic acids is 1. The molecule has 0 spiro atoms. The van der Waals surface area contributed by atoms with Crippen LogP contribution in [0.4, 0.5) is 4.39 Å². The average Bonchev–Trinajstić information content (AvgIpc) is 2.90. The van der Waals surface area contributed by atoms with Gasteiger partial charge in [0, 0.05) is 17.7 Å². The SMILES string of the molecule is COc1cc(C(=O)NCC(C)(CO)c2ccc(OC)c(-c3ccc(F)c(Cl)c3)n2)ccc1OC1CCC1. The summed E-state index contributed by atoms with van der Waals surface area (Å²) in [7, 11) is 3.04. The van der Waals surface area contributed by atoms with Crippen LogP contribution >= 0.6 is 11.6 Å². The summed E-state index contributed by atoms with van der Waals surface area (Å²) in [5, 5.41) is 13.1. The lowest BCUT2D eigenvalue weighted by Crippen LogP contribution is -2.42. The number of rotatable bonds is 10. The van der Waals surface area contributed by atoms with Gasteiger partial charge < -0.3 is 24.6 Å². The summed E-state index contributed by atoms with van der Waals surface area (Å²) in [4.78, 5) is 17.7. The molecule has 1 amide bonds. The molecule has 1 unspecified atom stereocenters. The van der Waals surface area contributed by atoms with Crippen LogP contribution in [0.1, 0.15) is 42.2 Å². The van der Waals surface area contributed by atoms with Crippen LogP contribution in [0.25, 0.3) is 11.3 Å². The molecule has 1 aliphatic carbocycles. The number of nitrogens with zero attached hydrogens (tertiary/aromatic N) is 1. The van der Waals surface area contributed by atoms with E-state index in [0.717, 1.165) is 19.3 Å². The van der Waals surface area contributed by atoms with E-state index in [0.29, 0.717) is 39.8 Å². The number of aromatic nitrogens is 1. The molecule has 37 heavy (non-hydrogen) atoms. The molecule has 1 aliphatic rings. The summed E-state index contributed by atoms with van der Waals surface area (Å²) in [6.45, 7) is 1.61. The molecule has 0 saturated heterocycles. The maximum absolute atomic E-state index is 13.7. The molecule has 0 radical (unpaired) electrons. The highest BCUT2D eigenvalue weighted by Gasteiger charge is 2.30. The van der Waals surface area contributed by atoms with Gasteiger partial charge in [0.15, 0.2) is 11.5 Å². The van der Waals surface area contributed by atoms with Crippen LogP contribution in [0.15, 0.2) is 48.5 Å². The number of pyridine rings is 1. The number of aliphatic hydroxyl groups excluding tert-OH is 1. The molecular weight excluding hydrogens is 499 g/mol. The molecular formula is C28H30ClFN2O5.